The molecule has 0 saturated carbocycles. The van der Waals surface area contributed by atoms with Gasteiger partial charge in [-0.05, 0) is 40.0 Å². The van der Waals surface area contributed by atoms with Gasteiger partial charge in [0.2, 0.25) is 0 Å². The first-order chi connectivity index (χ1) is 9.48. The van der Waals surface area contributed by atoms with Gasteiger partial charge in [-0.2, -0.15) is 5.06 Å². The molecule has 10 heteroatoms. The molecule has 0 radical (unpaired) electrons. The highest BCUT2D eigenvalue weighted by atomic mass is 17.0. The van der Waals surface area contributed by atoms with E-state index in [0.717, 1.165) is 5.06 Å². The number of piperidine rings is 1. The summed E-state index contributed by atoms with van der Waals surface area (Å²) in [6.45, 7) is 6.54. The number of hydroxylamine groups is 2. The van der Waals surface area contributed by atoms with Crippen molar-refractivity contribution >= 4 is 0 Å². The highest BCUT2D eigenvalue weighted by molar-refractivity contribution is 5.01. The molecule has 1 rings (SSSR count). The van der Waals surface area contributed by atoms with Gasteiger partial charge in [0.15, 0.2) is 0 Å². The summed E-state index contributed by atoms with van der Waals surface area (Å²) >= 11 is 0. The molecule has 1 heterocycles. The maximum absolute atomic E-state index is 10.4. The molecule has 0 amide bonds. The molecule has 122 valence electrons. The molecule has 1 aliphatic heterocycles. The van der Waals surface area contributed by atoms with Crippen LogP contribution in [0.2, 0.25) is 0 Å². The van der Waals surface area contributed by atoms with E-state index in [9.17, 15) is 25.4 Å². The van der Waals surface area contributed by atoms with Gasteiger partial charge in [-0.1, -0.05) is 0 Å². The van der Waals surface area contributed by atoms with Gasteiger partial charge in [0.25, 0.3) is 10.2 Å². The Hall–Kier alpha value is -1.68. The number of hydrogen-bond donors (Lipinski definition) is 1. The van der Waals surface area contributed by atoms with Crippen LogP contribution in [0.3, 0.4) is 0 Å². The number of nitrogens with zero attached hydrogens (tertiary/aromatic N) is 3. The van der Waals surface area contributed by atoms with Gasteiger partial charge in [-0.25, -0.2) is 0 Å². The van der Waals surface area contributed by atoms with E-state index in [1.807, 2.05) is 0 Å². The number of rotatable bonds is 6. The minimum absolute atomic E-state index is 0.195. The van der Waals surface area contributed by atoms with Crippen LogP contribution < -0.4 is 0 Å². The SMILES string of the molecule is CC1(C)CC(CO[N+](=O)[O-])C(CO[N+](=O)[O-])C(C)(C)N1O. The summed E-state index contributed by atoms with van der Waals surface area (Å²) in [5.41, 5.74) is -1.50. The molecule has 1 aliphatic rings. The van der Waals surface area contributed by atoms with Gasteiger partial charge in [-0.15, -0.1) is 20.2 Å². The van der Waals surface area contributed by atoms with Crippen LogP contribution in [-0.2, 0) is 9.68 Å². The molecule has 0 aromatic heterocycles. The van der Waals surface area contributed by atoms with Crippen LogP contribution in [0.4, 0.5) is 0 Å². The second-order valence-corrected chi connectivity index (χ2v) is 6.39. The standard InChI is InChI=1S/C11H21N3O7/c1-10(2)5-8(6-20-13(16)17)9(7-21-14(18)19)11(3,4)12(10)15/h8-9,15H,5-7H2,1-4H3. The van der Waals surface area contributed by atoms with Crippen molar-refractivity contribution < 1.29 is 25.1 Å². The lowest BCUT2D eigenvalue weighted by Gasteiger charge is -2.55. The summed E-state index contributed by atoms with van der Waals surface area (Å²) in [5, 5.41) is 30.4. The molecule has 0 bridgehead atoms. The Morgan fingerprint density at radius 2 is 1.62 bits per heavy atom. The first-order valence-electron chi connectivity index (χ1n) is 6.52. The minimum atomic E-state index is -0.914. The third-order valence-corrected chi connectivity index (χ3v) is 4.11. The molecule has 1 fully saturated rings. The van der Waals surface area contributed by atoms with Crippen LogP contribution in [0.25, 0.3) is 0 Å². The first kappa shape index (κ1) is 17.4. The highest BCUT2D eigenvalue weighted by Gasteiger charge is 2.52. The zero-order chi connectivity index (χ0) is 16.4. The Labute approximate surface area is 121 Å². The smallest absolute Gasteiger partial charge is 0.294 e. The summed E-state index contributed by atoms with van der Waals surface area (Å²) in [4.78, 5) is 29.7. The second kappa shape index (κ2) is 5.98. The topological polar surface area (TPSA) is 128 Å². The molecule has 2 unspecified atom stereocenters. The van der Waals surface area contributed by atoms with Gasteiger partial charge in [0, 0.05) is 17.0 Å². The lowest BCUT2D eigenvalue weighted by Crippen LogP contribution is -2.65. The second-order valence-electron chi connectivity index (χ2n) is 6.39. The average Bonchev–Trinajstić information content (AvgIpc) is 2.32. The molecule has 1 saturated heterocycles. The molecule has 2 atom stereocenters. The van der Waals surface area contributed by atoms with Crippen molar-refractivity contribution in [3.63, 3.8) is 0 Å². The van der Waals surface area contributed by atoms with Gasteiger partial charge >= 0.3 is 0 Å². The van der Waals surface area contributed by atoms with Crippen molar-refractivity contribution in [2.24, 2.45) is 11.8 Å². The van der Waals surface area contributed by atoms with E-state index >= 15 is 0 Å². The van der Waals surface area contributed by atoms with E-state index in [1.54, 1.807) is 27.7 Å². The van der Waals surface area contributed by atoms with Crippen LogP contribution in [0.5, 0.6) is 0 Å². The number of hydrogen-bond acceptors (Lipinski definition) is 8. The van der Waals surface area contributed by atoms with Crippen molar-refractivity contribution in [3.8, 4) is 0 Å². The van der Waals surface area contributed by atoms with Gasteiger partial charge < -0.3 is 14.9 Å². The normalized spacial score (nSPS) is 27.9. The zero-order valence-corrected chi connectivity index (χ0v) is 12.5. The van der Waals surface area contributed by atoms with E-state index in [4.69, 9.17) is 0 Å². The molecule has 10 nitrogen and oxygen atoms in total. The van der Waals surface area contributed by atoms with Gasteiger partial charge in [-0.3, -0.25) is 0 Å². The van der Waals surface area contributed by atoms with E-state index in [1.165, 1.54) is 0 Å². The fourth-order valence-electron chi connectivity index (χ4n) is 3.20. The van der Waals surface area contributed by atoms with Crippen LogP contribution >= 0.6 is 0 Å². The Bertz CT molecular complexity index is 413. The summed E-state index contributed by atoms with van der Waals surface area (Å²) in [6, 6.07) is 0. The molecule has 21 heavy (non-hydrogen) atoms. The van der Waals surface area contributed by atoms with Crippen molar-refractivity contribution in [1.82, 2.24) is 5.06 Å². The summed E-state index contributed by atoms with van der Waals surface area (Å²) in [5.74, 6) is -0.857. The lowest BCUT2D eigenvalue weighted by molar-refractivity contribution is -0.764. The monoisotopic (exact) mass is 307 g/mol. The summed E-state index contributed by atoms with van der Waals surface area (Å²) in [7, 11) is 0. The van der Waals surface area contributed by atoms with Crippen LogP contribution in [0.1, 0.15) is 34.1 Å². The van der Waals surface area contributed by atoms with Crippen molar-refractivity contribution in [2.45, 2.75) is 45.2 Å². The fourth-order valence-corrected chi connectivity index (χ4v) is 3.20. The molecule has 0 aromatic carbocycles. The van der Waals surface area contributed by atoms with E-state index < -0.39 is 27.2 Å². The predicted octanol–water partition coefficient (Wildman–Crippen LogP) is 1.29. The first-order valence-corrected chi connectivity index (χ1v) is 6.52. The highest BCUT2D eigenvalue weighted by Crippen LogP contribution is 2.44. The van der Waals surface area contributed by atoms with Gasteiger partial charge in [0.05, 0.1) is 6.61 Å². The largest absolute Gasteiger partial charge is 0.314 e. The quantitative estimate of drug-likeness (QED) is 0.574. The average molecular weight is 307 g/mol. The third kappa shape index (κ3) is 3.91. The third-order valence-electron chi connectivity index (χ3n) is 4.11. The molecular formula is C11H21N3O7. The van der Waals surface area contributed by atoms with Crippen molar-refractivity contribution in [1.29, 1.82) is 0 Å². The molecular weight excluding hydrogens is 286 g/mol. The predicted molar refractivity (Wildman–Crippen MR) is 69.3 cm³/mol. The molecule has 0 spiro atoms. The van der Waals surface area contributed by atoms with Crippen molar-refractivity contribution in [2.75, 3.05) is 13.2 Å². The van der Waals surface area contributed by atoms with Crippen LogP contribution in [0, 0.1) is 32.1 Å². The zero-order valence-electron chi connectivity index (χ0n) is 12.5. The maximum atomic E-state index is 10.4. The molecule has 0 aliphatic carbocycles. The Morgan fingerprint density at radius 1 is 1.14 bits per heavy atom. The fraction of sp³-hybridized carbons (Fsp3) is 1.00. The molecule has 0 aromatic rings. The van der Waals surface area contributed by atoms with Crippen molar-refractivity contribution in [3.05, 3.63) is 20.2 Å². The lowest BCUT2D eigenvalue weighted by atomic mass is 9.68. The maximum Gasteiger partial charge on any atom is 0.294 e. The van der Waals surface area contributed by atoms with Crippen LogP contribution in [-0.4, -0.2) is 44.7 Å². The Morgan fingerprint density at radius 3 is 2.10 bits per heavy atom. The van der Waals surface area contributed by atoms with Gasteiger partial charge in [0.1, 0.15) is 6.61 Å². The molecule has 1 N–H and O–H groups in total. The summed E-state index contributed by atoms with van der Waals surface area (Å²) < 4.78 is 0. The van der Waals surface area contributed by atoms with E-state index in [2.05, 4.69) is 9.68 Å². The Kier molecular flexibility index (Phi) is 4.95. The Balaban J connectivity index is 2.97. The summed E-state index contributed by atoms with van der Waals surface area (Å²) in [6.07, 6.45) is 0.381. The van der Waals surface area contributed by atoms with Crippen LogP contribution in [0.15, 0.2) is 0 Å². The van der Waals surface area contributed by atoms with E-state index in [0.29, 0.717) is 6.42 Å². The van der Waals surface area contributed by atoms with E-state index in [-0.39, 0.29) is 19.1 Å². The minimum Gasteiger partial charge on any atom is -0.314 e.